The molecule has 4 aliphatic rings. The number of para-hydroxylation sites is 1. The minimum absolute atomic E-state index is 0.0745. The van der Waals surface area contributed by atoms with Crippen LogP contribution in [-0.4, -0.2) is 45.9 Å². The van der Waals surface area contributed by atoms with Crippen LogP contribution in [-0.2, 0) is 30.3 Å². The Morgan fingerprint density at radius 3 is 2.67 bits per heavy atom. The minimum Gasteiger partial charge on any atom is -0.480 e. The van der Waals surface area contributed by atoms with E-state index in [0.29, 0.717) is 24.2 Å². The molecule has 0 spiro atoms. The number of H-pyrrole nitrogens is 1. The van der Waals surface area contributed by atoms with Crippen LogP contribution in [0.15, 0.2) is 42.1 Å². The van der Waals surface area contributed by atoms with Gasteiger partial charge in [0, 0.05) is 41.8 Å². The van der Waals surface area contributed by atoms with Crippen LogP contribution in [0.25, 0.3) is 10.9 Å². The monoisotopic (exact) mass is 574 g/mol. The molecule has 6 rings (SSSR count). The van der Waals surface area contributed by atoms with Crippen LogP contribution in [0.4, 0.5) is 0 Å². The SMILES string of the molecule is C[C@]12CC[C@H]3[C@@H](CCC4=CC(=O)CC[C@@]43C)[C@@H]1CC[C@H]2OC(=O)CCC(=O)N[C@H](Cc1c[nH]c2ccccc12)C(=O)O. The lowest BCUT2D eigenvalue weighted by Gasteiger charge is -2.57. The summed E-state index contributed by atoms with van der Waals surface area (Å²) in [5.74, 6) is -0.0533. The Labute approximate surface area is 246 Å². The van der Waals surface area contributed by atoms with E-state index in [2.05, 4.69) is 24.1 Å². The number of hydrogen-bond acceptors (Lipinski definition) is 5. The minimum atomic E-state index is -1.12. The van der Waals surface area contributed by atoms with Gasteiger partial charge in [-0.25, -0.2) is 4.79 Å². The number of esters is 1. The van der Waals surface area contributed by atoms with Gasteiger partial charge in [-0.05, 0) is 85.8 Å². The summed E-state index contributed by atoms with van der Waals surface area (Å²) in [7, 11) is 0. The van der Waals surface area contributed by atoms with E-state index in [9.17, 15) is 24.3 Å². The van der Waals surface area contributed by atoms with Gasteiger partial charge in [0.05, 0.1) is 6.42 Å². The molecule has 0 unspecified atom stereocenters. The Kier molecular flexibility index (Phi) is 7.52. The fourth-order valence-electron chi connectivity index (χ4n) is 9.13. The summed E-state index contributed by atoms with van der Waals surface area (Å²) < 4.78 is 6.05. The molecule has 3 N–H and O–H groups in total. The first-order valence-electron chi connectivity index (χ1n) is 15.6. The van der Waals surface area contributed by atoms with Gasteiger partial charge in [-0.1, -0.05) is 37.6 Å². The summed E-state index contributed by atoms with van der Waals surface area (Å²) in [5, 5.41) is 13.3. The topological polar surface area (TPSA) is 126 Å². The Morgan fingerprint density at radius 2 is 1.86 bits per heavy atom. The summed E-state index contributed by atoms with van der Waals surface area (Å²) in [6.45, 7) is 4.66. The highest BCUT2D eigenvalue weighted by Gasteiger charge is 2.60. The van der Waals surface area contributed by atoms with Gasteiger partial charge in [0.15, 0.2) is 5.78 Å². The highest BCUT2D eigenvalue weighted by molar-refractivity contribution is 5.91. The van der Waals surface area contributed by atoms with Gasteiger partial charge in [0.25, 0.3) is 0 Å². The summed E-state index contributed by atoms with van der Waals surface area (Å²) >= 11 is 0. The number of carbonyl (C=O) groups excluding carboxylic acids is 3. The van der Waals surface area contributed by atoms with E-state index < -0.39 is 23.9 Å². The number of rotatable bonds is 8. The first-order chi connectivity index (χ1) is 20.1. The first kappa shape index (κ1) is 28.7. The van der Waals surface area contributed by atoms with E-state index in [1.165, 1.54) is 5.57 Å². The number of hydrogen-bond donors (Lipinski definition) is 3. The molecule has 0 bridgehead atoms. The van der Waals surface area contributed by atoms with Crippen molar-refractivity contribution in [3.8, 4) is 0 Å². The van der Waals surface area contributed by atoms with Crippen LogP contribution in [0.1, 0.15) is 83.6 Å². The number of carbonyl (C=O) groups is 4. The number of nitrogens with one attached hydrogen (secondary N) is 2. The maximum Gasteiger partial charge on any atom is 0.326 e. The zero-order valence-electron chi connectivity index (χ0n) is 24.6. The van der Waals surface area contributed by atoms with Crippen molar-refractivity contribution in [3.05, 3.63) is 47.7 Å². The third-order valence-electron chi connectivity index (χ3n) is 11.4. The average molecular weight is 575 g/mol. The van der Waals surface area contributed by atoms with Crippen LogP contribution < -0.4 is 5.32 Å². The molecule has 0 aliphatic heterocycles. The molecule has 2 aromatic rings. The predicted octanol–water partition coefficient (Wildman–Crippen LogP) is 5.50. The predicted molar refractivity (Wildman–Crippen MR) is 157 cm³/mol. The van der Waals surface area contributed by atoms with Crippen molar-refractivity contribution in [2.24, 2.45) is 28.6 Å². The summed E-state index contributed by atoms with van der Waals surface area (Å²) in [6.07, 6.45) is 11.2. The molecule has 8 heteroatoms. The Morgan fingerprint density at radius 1 is 1.05 bits per heavy atom. The molecule has 7 atom stereocenters. The molecule has 1 heterocycles. The number of amides is 1. The Bertz CT molecular complexity index is 1440. The highest BCUT2D eigenvalue weighted by atomic mass is 16.5. The van der Waals surface area contributed by atoms with Crippen molar-refractivity contribution in [1.29, 1.82) is 0 Å². The maximum absolute atomic E-state index is 12.9. The van der Waals surface area contributed by atoms with Crippen molar-refractivity contribution in [3.63, 3.8) is 0 Å². The largest absolute Gasteiger partial charge is 0.480 e. The average Bonchev–Trinajstić information content (AvgIpc) is 3.52. The molecule has 8 nitrogen and oxygen atoms in total. The number of carboxylic acids is 1. The van der Waals surface area contributed by atoms with Gasteiger partial charge in [-0.2, -0.15) is 0 Å². The number of aliphatic carboxylic acids is 1. The van der Waals surface area contributed by atoms with E-state index in [0.717, 1.165) is 61.4 Å². The zero-order chi connectivity index (χ0) is 29.6. The number of ether oxygens (including phenoxy) is 1. The molecule has 0 saturated heterocycles. The molecular formula is C34H42N2O6. The second-order valence-corrected chi connectivity index (χ2v) is 13.6. The third-order valence-corrected chi connectivity index (χ3v) is 11.4. The van der Waals surface area contributed by atoms with Crippen molar-refractivity contribution in [2.75, 3.05) is 0 Å². The van der Waals surface area contributed by atoms with E-state index in [1.54, 1.807) is 6.20 Å². The molecule has 224 valence electrons. The molecule has 1 amide bonds. The highest BCUT2D eigenvalue weighted by Crippen LogP contribution is 2.65. The van der Waals surface area contributed by atoms with Crippen LogP contribution in [0.3, 0.4) is 0 Å². The van der Waals surface area contributed by atoms with Gasteiger partial charge in [0.2, 0.25) is 5.91 Å². The summed E-state index contributed by atoms with van der Waals surface area (Å²) in [4.78, 5) is 52.8. The third kappa shape index (κ3) is 5.07. The van der Waals surface area contributed by atoms with E-state index in [1.807, 2.05) is 30.3 Å². The zero-order valence-corrected chi connectivity index (χ0v) is 24.6. The molecule has 4 aliphatic carbocycles. The van der Waals surface area contributed by atoms with Crippen LogP contribution >= 0.6 is 0 Å². The van der Waals surface area contributed by atoms with Crippen molar-refractivity contribution >= 4 is 34.5 Å². The van der Waals surface area contributed by atoms with E-state index in [4.69, 9.17) is 4.74 Å². The smallest absolute Gasteiger partial charge is 0.326 e. The fraction of sp³-hybridized carbons (Fsp3) is 0.588. The van der Waals surface area contributed by atoms with Crippen LogP contribution in [0.5, 0.6) is 0 Å². The fourth-order valence-corrected chi connectivity index (χ4v) is 9.13. The number of aromatic amines is 1. The van der Waals surface area contributed by atoms with Crippen molar-refractivity contribution in [1.82, 2.24) is 10.3 Å². The van der Waals surface area contributed by atoms with E-state index >= 15 is 0 Å². The van der Waals surface area contributed by atoms with Crippen molar-refractivity contribution < 1.29 is 29.0 Å². The number of fused-ring (bicyclic) bond motifs is 6. The maximum atomic E-state index is 12.9. The lowest BCUT2D eigenvalue weighted by Crippen LogP contribution is -2.51. The molecule has 3 fully saturated rings. The lowest BCUT2D eigenvalue weighted by atomic mass is 9.47. The van der Waals surface area contributed by atoms with Crippen LogP contribution in [0, 0.1) is 28.6 Å². The van der Waals surface area contributed by atoms with Crippen molar-refractivity contribution in [2.45, 2.75) is 96.6 Å². The number of carboxylic acid groups (broad SMARTS) is 1. The summed E-state index contributed by atoms with van der Waals surface area (Å²) in [5.41, 5.74) is 3.12. The van der Waals surface area contributed by atoms with Gasteiger partial charge in [-0.15, -0.1) is 0 Å². The molecule has 3 saturated carbocycles. The van der Waals surface area contributed by atoms with Gasteiger partial charge in [-0.3, -0.25) is 14.4 Å². The Hall–Kier alpha value is -3.42. The molecule has 0 radical (unpaired) electrons. The molecular weight excluding hydrogens is 532 g/mol. The second-order valence-electron chi connectivity index (χ2n) is 13.6. The second kappa shape index (κ2) is 11.0. The number of aromatic nitrogens is 1. The number of allylic oxidation sites excluding steroid dienone is 1. The molecule has 42 heavy (non-hydrogen) atoms. The lowest BCUT2D eigenvalue weighted by molar-refractivity contribution is -0.160. The van der Waals surface area contributed by atoms with Crippen LogP contribution in [0.2, 0.25) is 0 Å². The number of benzene rings is 1. The summed E-state index contributed by atoms with van der Waals surface area (Å²) in [6, 6.07) is 6.53. The quantitative estimate of drug-likeness (QED) is 0.357. The molecule has 1 aromatic carbocycles. The normalized spacial score (nSPS) is 32.7. The van der Waals surface area contributed by atoms with E-state index in [-0.39, 0.29) is 42.0 Å². The molecule has 1 aromatic heterocycles. The van der Waals surface area contributed by atoms with Gasteiger partial charge < -0.3 is 20.1 Å². The number of ketones is 1. The Balaban J connectivity index is 1.03. The first-order valence-corrected chi connectivity index (χ1v) is 15.6. The standard InChI is InChI=1S/C34H42N2O6/c1-33-15-13-22(37)18-21(33)7-8-24-25-9-10-29(34(25,2)16-14-26(24)33)42-31(39)12-11-30(38)36-28(32(40)41)17-20-19-35-27-6-4-3-5-23(20)27/h3-6,18-19,24-26,28-29,35H,7-17H2,1-2H3,(H,36,38)(H,40,41)/t24-,25-,26-,28+,29+,33-,34-/m0/s1. The van der Waals surface area contributed by atoms with Gasteiger partial charge >= 0.3 is 11.9 Å². The van der Waals surface area contributed by atoms with Gasteiger partial charge in [0.1, 0.15) is 12.1 Å².